The van der Waals surface area contributed by atoms with E-state index >= 15 is 0 Å². The van der Waals surface area contributed by atoms with Crippen molar-refractivity contribution in [2.75, 3.05) is 0 Å². The number of rotatable bonds is 4. The van der Waals surface area contributed by atoms with Crippen LogP contribution in [0.1, 0.15) is 17.4 Å². The number of ether oxygens (including phenoxy) is 1. The number of pyridine rings is 1. The highest BCUT2D eigenvalue weighted by molar-refractivity contribution is 5.28. The van der Waals surface area contributed by atoms with E-state index < -0.39 is 18.3 Å². The predicted molar refractivity (Wildman–Crippen MR) is 66.0 cm³/mol. The topological polar surface area (TPSA) is 42.4 Å². The van der Waals surface area contributed by atoms with Crippen LogP contribution < -0.4 is 4.74 Å². The van der Waals surface area contributed by atoms with Crippen LogP contribution in [0.4, 0.5) is 17.6 Å². The average Bonchev–Trinajstić information content (AvgIpc) is 2.40. The van der Waals surface area contributed by atoms with E-state index in [4.69, 9.17) is 0 Å². The van der Waals surface area contributed by atoms with Gasteiger partial charge in [0.25, 0.3) is 0 Å². The summed E-state index contributed by atoms with van der Waals surface area (Å²) in [5, 5.41) is 9.92. The van der Waals surface area contributed by atoms with Gasteiger partial charge in [-0.15, -0.1) is 13.2 Å². The maximum Gasteiger partial charge on any atom is 0.573 e. The van der Waals surface area contributed by atoms with Gasteiger partial charge in [0.2, 0.25) is 0 Å². The van der Waals surface area contributed by atoms with E-state index in [0.717, 1.165) is 18.3 Å². The highest BCUT2D eigenvalue weighted by atomic mass is 19.4. The Kier molecular flexibility index (Phi) is 4.42. The van der Waals surface area contributed by atoms with Crippen molar-refractivity contribution in [2.24, 2.45) is 0 Å². The van der Waals surface area contributed by atoms with Crippen LogP contribution in [0.2, 0.25) is 0 Å². The molecule has 3 nitrogen and oxygen atoms in total. The van der Waals surface area contributed by atoms with Crippen molar-refractivity contribution in [1.82, 2.24) is 4.98 Å². The Morgan fingerprint density at radius 2 is 1.76 bits per heavy atom. The zero-order valence-electron chi connectivity index (χ0n) is 10.6. The molecule has 2 rings (SSSR count). The van der Waals surface area contributed by atoms with Crippen LogP contribution >= 0.6 is 0 Å². The molecular weight excluding hydrogens is 290 g/mol. The third-order valence-corrected chi connectivity index (χ3v) is 2.68. The fourth-order valence-corrected chi connectivity index (χ4v) is 1.74. The summed E-state index contributed by atoms with van der Waals surface area (Å²) in [6, 6.07) is 7.66. The van der Waals surface area contributed by atoms with Crippen LogP contribution in [-0.2, 0) is 6.42 Å². The molecule has 1 heterocycles. The first-order chi connectivity index (χ1) is 9.83. The van der Waals surface area contributed by atoms with Gasteiger partial charge in [0.05, 0.1) is 18.0 Å². The van der Waals surface area contributed by atoms with Crippen LogP contribution in [0.3, 0.4) is 0 Å². The van der Waals surface area contributed by atoms with E-state index in [0.29, 0.717) is 5.56 Å². The summed E-state index contributed by atoms with van der Waals surface area (Å²) in [6.07, 6.45) is -4.58. The number of halogens is 4. The fraction of sp³-hybridized carbons (Fsp3) is 0.214. The highest BCUT2D eigenvalue weighted by Crippen LogP contribution is 2.24. The summed E-state index contributed by atoms with van der Waals surface area (Å²) in [6.45, 7) is 0. The van der Waals surface area contributed by atoms with E-state index in [1.165, 1.54) is 24.3 Å². The monoisotopic (exact) mass is 301 g/mol. The lowest BCUT2D eigenvalue weighted by Gasteiger charge is -2.12. The molecule has 0 aliphatic heterocycles. The highest BCUT2D eigenvalue weighted by Gasteiger charge is 2.30. The standard InChI is InChI=1S/C14H11F4NO2/c15-10-3-6-12(19-8-10)13(20)7-9-1-4-11(5-2-9)21-14(16,17)18/h1-6,8,13,20H,7H2. The van der Waals surface area contributed by atoms with E-state index in [1.807, 2.05) is 0 Å². The van der Waals surface area contributed by atoms with Crippen molar-refractivity contribution < 1.29 is 27.4 Å². The lowest BCUT2D eigenvalue weighted by molar-refractivity contribution is -0.274. The normalized spacial score (nSPS) is 13.0. The van der Waals surface area contributed by atoms with Gasteiger partial charge in [0.1, 0.15) is 11.6 Å². The molecule has 7 heteroatoms. The molecular formula is C14H11F4NO2. The minimum absolute atomic E-state index is 0.144. The Balaban J connectivity index is 2.01. The number of benzene rings is 1. The molecule has 1 N–H and O–H groups in total. The van der Waals surface area contributed by atoms with E-state index in [2.05, 4.69) is 9.72 Å². The Labute approximate surface area is 117 Å². The summed E-state index contributed by atoms with van der Waals surface area (Å²) in [5.74, 6) is -0.847. The van der Waals surface area contributed by atoms with Gasteiger partial charge in [-0.1, -0.05) is 12.1 Å². The lowest BCUT2D eigenvalue weighted by Crippen LogP contribution is -2.17. The third kappa shape index (κ3) is 4.71. The molecule has 2 aromatic rings. The molecule has 0 aliphatic rings. The Bertz CT molecular complexity index is 581. The number of aliphatic hydroxyl groups excluding tert-OH is 1. The molecule has 0 spiro atoms. The Morgan fingerprint density at radius 3 is 2.29 bits per heavy atom. The zero-order valence-corrected chi connectivity index (χ0v) is 10.6. The van der Waals surface area contributed by atoms with E-state index in [1.54, 1.807) is 0 Å². The fourth-order valence-electron chi connectivity index (χ4n) is 1.74. The quantitative estimate of drug-likeness (QED) is 0.880. The largest absolute Gasteiger partial charge is 0.573 e. The van der Waals surface area contributed by atoms with Gasteiger partial charge in [0.15, 0.2) is 0 Å². The molecule has 1 aromatic heterocycles. The van der Waals surface area contributed by atoms with Crippen molar-refractivity contribution in [3.63, 3.8) is 0 Å². The molecule has 0 bridgehead atoms. The van der Waals surface area contributed by atoms with Crippen LogP contribution in [0, 0.1) is 5.82 Å². The zero-order chi connectivity index (χ0) is 15.5. The first kappa shape index (κ1) is 15.2. The second-order valence-corrected chi connectivity index (χ2v) is 4.31. The van der Waals surface area contributed by atoms with Crippen LogP contribution in [0.5, 0.6) is 5.75 Å². The molecule has 0 radical (unpaired) electrons. The molecule has 0 saturated heterocycles. The van der Waals surface area contributed by atoms with Gasteiger partial charge in [-0.25, -0.2) is 4.39 Å². The minimum Gasteiger partial charge on any atom is -0.406 e. The average molecular weight is 301 g/mol. The van der Waals surface area contributed by atoms with Crippen LogP contribution in [0.25, 0.3) is 0 Å². The molecule has 1 atom stereocenters. The van der Waals surface area contributed by atoms with E-state index in [9.17, 15) is 22.7 Å². The summed E-state index contributed by atoms with van der Waals surface area (Å²) in [5.41, 5.74) is 0.884. The smallest absolute Gasteiger partial charge is 0.406 e. The molecule has 0 fully saturated rings. The second kappa shape index (κ2) is 6.09. The van der Waals surface area contributed by atoms with Crippen molar-refractivity contribution in [3.05, 3.63) is 59.7 Å². The van der Waals surface area contributed by atoms with Crippen molar-refractivity contribution >= 4 is 0 Å². The molecule has 1 aromatic carbocycles. The molecule has 0 aliphatic carbocycles. The van der Waals surface area contributed by atoms with Crippen LogP contribution in [0.15, 0.2) is 42.6 Å². The number of aliphatic hydroxyl groups is 1. The van der Waals surface area contributed by atoms with Crippen molar-refractivity contribution in [1.29, 1.82) is 0 Å². The Morgan fingerprint density at radius 1 is 1.10 bits per heavy atom. The first-order valence-electron chi connectivity index (χ1n) is 5.98. The van der Waals surface area contributed by atoms with Gasteiger partial charge < -0.3 is 9.84 Å². The molecule has 0 amide bonds. The first-order valence-corrected chi connectivity index (χ1v) is 5.98. The summed E-state index contributed by atoms with van der Waals surface area (Å²) in [7, 11) is 0. The van der Waals surface area contributed by atoms with E-state index in [-0.39, 0.29) is 17.9 Å². The lowest BCUT2D eigenvalue weighted by atomic mass is 10.1. The number of hydrogen-bond donors (Lipinski definition) is 1. The number of aromatic nitrogens is 1. The second-order valence-electron chi connectivity index (χ2n) is 4.31. The Hall–Kier alpha value is -2.15. The summed E-state index contributed by atoms with van der Waals surface area (Å²) >= 11 is 0. The SMILES string of the molecule is OC(Cc1ccc(OC(F)(F)F)cc1)c1ccc(F)cn1. The molecule has 112 valence electrons. The van der Waals surface area contributed by atoms with Crippen molar-refractivity contribution in [2.45, 2.75) is 18.9 Å². The van der Waals surface area contributed by atoms with Crippen molar-refractivity contribution in [3.8, 4) is 5.75 Å². The molecule has 1 unspecified atom stereocenters. The summed E-state index contributed by atoms with van der Waals surface area (Å²) in [4.78, 5) is 3.74. The molecule has 0 saturated carbocycles. The van der Waals surface area contributed by atoms with Gasteiger partial charge in [-0.05, 0) is 29.8 Å². The number of alkyl halides is 3. The van der Waals surface area contributed by atoms with Gasteiger partial charge >= 0.3 is 6.36 Å². The summed E-state index contributed by atoms with van der Waals surface area (Å²) < 4.78 is 52.5. The van der Waals surface area contributed by atoms with Gasteiger partial charge in [-0.3, -0.25) is 4.98 Å². The minimum atomic E-state index is -4.74. The van der Waals surface area contributed by atoms with Crippen LogP contribution in [-0.4, -0.2) is 16.5 Å². The maximum absolute atomic E-state index is 12.7. The van der Waals surface area contributed by atoms with Gasteiger partial charge in [-0.2, -0.15) is 0 Å². The van der Waals surface area contributed by atoms with Gasteiger partial charge in [0, 0.05) is 6.42 Å². The number of hydrogen-bond acceptors (Lipinski definition) is 3. The maximum atomic E-state index is 12.7. The number of nitrogens with zero attached hydrogens (tertiary/aromatic N) is 1. The molecule has 21 heavy (non-hydrogen) atoms. The predicted octanol–water partition coefficient (Wildman–Crippen LogP) is 3.40. The third-order valence-electron chi connectivity index (χ3n) is 2.68.